The molecule has 8 rings (SSSR count). The molecule has 0 saturated heterocycles. The summed E-state index contributed by atoms with van der Waals surface area (Å²) in [4.78, 5) is 0. The zero-order valence-electron chi connectivity index (χ0n) is 36.8. The summed E-state index contributed by atoms with van der Waals surface area (Å²) in [5.41, 5.74) is 15.0. The molecule has 0 fully saturated rings. The Kier molecular flexibility index (Phi) is 12.1. The van der Waals surface area contributed by atoms with Crippen LogP contribution < -0.4 is 3.32 Å². The Morgan fingerprint density at radius 1 is 0.500 bits per heavy atom. The molecule has 0 heterocycles. The van der Waals surface area contributed by atoms with Crippen LogP contribution in [-0.2, 0) is 49.0 Å². The maximum absolute atomic E-state index is 3.35. The fourth-order valence-electron chi connectivity index (χ4n) is 9.49. The van der Waals surface area contributed by atoms with E-state index in [-0.39, 0.29) is 46.5 Å². The molecule has 6 aromatic carbocycles. The Labute approximate surface area is 369 Å². The minimum atomic E-state index is -3.35. The second kappa shape index (κ2) is 15.9. The number of hydrogen-bond acceptors (Lipinski definition) is 0. The molecule has 3 heteroatoms. The minimum absolute atomic E-state index is 0. The molecule has 0 radical (unpaired) electrons. The van der Waals surface area contributed by atoms with Crippen molar-refractivity contribution in [2.24, 2.45) is 0 Å². The maximum Gasteiger partial charge on any atom is -0.147 e. The predicted octanol–water partition coefficient (Wildman–Crippen LogP) is 15.0. The minimum Gasteiger partial charge on any atom is -0.147 e. The van der Waals surface area contributed by atoms with Crippen molar-refractivity contribution in [1.82, 2.24) is 0 Å². The summed E-state index contributed by atoms with van der Waals surface area (Å²) in [7, 11) is 0. The van der Waals surface area contributed by atoms with Crippen molar-refractivity contribution in [3.05, 3.63) is 169 Å². The van der Waals surface area contributed by atoms with Crippen LogP contribution in [0.5, 0.6) is 0 Å². The van der Waals surface area contributed by atoms with Gasteiger partial charge in [0.25, 0.3) is 0 Å². The third-order valence-corrected chi connectivity index (χ3v) is 23.5. The van der Waals surface area contributed by atoms with E-state index in [1.165, 1.54) is 66.1 Å². The van der Waals surface area contributed by atoms with Crippen molar-refractivity contribution in [2.75, 3.05) is 0 Å². The van der Waals surface area contributed by atoms with E-state index in [1.54, 1.807) is 21.0 Å². The number of hydrogen-bond donors (Lipinski definition) is 0. The molecule has 0 unspecified atom stereocenters. The maximum atomic E-state index is 2.66. The standard InChI is InChI=1S/C29H41.C21H14.C5H5.2ClH.Hf/c1-26(2,3)22-14-18-13-19-15-23(27(4,5)6)25(29(10,11)12)17-21(19)20(18)16-24(22)28(7,8)9;1-3-7-20-14-16(9-11-18(20)5-1)13-17-10-12-19-6-2-4-8-21(19)15-17;1-2-4-5-3-1;;;/h14,16-17H,13H2,1-12H3;1-12,14-15H;1-3H,4H2;2*1H;. The molecule has 58 heavy (non-hydrogen) atoms. The van der Waals surface area contributed by atoms with E-state index in [1.807, 2.05) is 0 Å². The molecule has 300 valence electrons. The first-order valence-corrected chi connectivity index (χ1v) is 26.2. The van der Waals surface area contributed by atoms with E-state index in [4.69, 9.17) is 0 Å². The van der Waals surface area contributed by atoms with Gasteiger partial charge in [0.1, 0.15) is 0 Å². The summed E-state index contributed by atoms with van der Waals surface area (Å²) < 4.78 is 5.04. The third-order valence-electron chi connectivity index (χ3n) is 12.2. The summed E-state index contributed by atoms with van der Waals surface area (Å²) in [6.07, 6.45) is 9.34. The van der Waals surface area contributed by atoms with Gasteiger partial charge in [0.15, 0.2) is 0 Å². The zero-order chi connectivity index (χ0) is 39.9. The number of allylic oxidation sites excluding steroid dienone is 4. The van der Waals surface area contributed by atoms with Gasteiger partial charge in [-0.05, 0) is 0 Å². The fourth-order valence-corrected chi connectivity index (χ4v) is 22.6. The summed E-state index contributed by atoms with van der Waals surface area (Å²) in [5.74, 6) is 0. The molecule has 0 aromatic heterocycles. The SMILES string of the molecule is CC(C)(C)c1cc2c(cc1C(C)(C)C)-c1cc(C(C)(C)C)c(C(C)(C)C)[c]([Hf]([C]3=CC=CC3)=[C](c3ccc4ccccc4c3)c3ccc4ccccc4c3)c1C2.Cl.Cl. The summed E-state index contributed by atoms with van der Waals surface area (Å²) in [6.45, 7) is 29.2. The second-order valence-electron chi connectivity index (χ2n) is 20.6. The van der Waals surface area contributed by atoms with Crippen molar-refractivity contribution < 1.29 is 21.0 Å². The molecule has 0 bridgehead atoms. The van der Waals surface area contributed by atoms with Gasteiger partial charge in [-0.3, -0.25) is 0 Å². The van der Waals surface area contributed by atoms with Crippen LogP contribution in [0.2, 0.25) is 0 Å². The molecule has 6 aromatic rings. The van der Waals surface area contributed by atoms with Gasteiger partial charge < -0.3 is 0 Å². The van der Waals surface area contributed by atoms with Crippen LogP contribution in [-0.4, -0.2) is 3.26 Å². The number of benzene rings is 6. The molecule has 0 N–H and O–H groups in total. The van der Waals surface area contributed by atoms with Crippen LogP contribution in [0, 0.1) is 0 Å². The summed E-state index contributed by atoms with van der Waals surface area (Å²) in [6, 6.07) is 40.4. The van der Waals surface area contributed by atoms with Crippen LogP contribution >= 0.6 is 24.8 Å². The van der Waals surface area contributed by atoms with Gasteiger partial charge in [-0.15, -0.1) is 24.8 Å². The van der Waals surface area contributed by atoms with Crippen molar-refractivity contribution >= 4 is 52.9 Å². The predicted molar refractivity (Wildman–Crippen MR) is 257 cm³/mol. The van der Waals surface area contributed by atoms with E-state index in [2.05, 4.69) is 204 Å². The topological polar surface area (TPSA) is 0 Å². The molecular formula is C55H62Cl2Hf. The van der Waals surface area contributed by atoms with Crippen molar-refractivity contribution in [3.8, 4) is 11.1 Å². The third kappa shape index (κ3) is 8.10. The van der Waals surface area contributed by atoms with Crippen LogP contribution in [0.1, 0.15) is 134 Å². The molecule has 0 aliphatic heterocycles. The van der Waals surface area contributed by atoms with Crippen LogP contribution in [0.15, 0.2) is 125 Å². The van der Waals surface area contributed by atoms with Crippen LogP contribution in [0.4, 0.5) is 0 Å². The molecule has 2 aliphatic rings. The largest absolute Gasteiger partial charge is 0.147 e. The molecule has 0 saturated carbocycles. The molecule has 0 amide bonds. The van der Waals surface area contributed by atoms with Crippen LogP contribution in [0.25, 0.3) is 32.7 Å². The zero-order valence-corrected chi connectivity index (χ0v) is 42.0. The van der Waals surface area contributed by atoms with E-state index >= 15 is 0 Å². The number of fused-ring (bicyclic) bond motifs is 5. The van der Waals surface area contributed by atoms with Gasteiger partial charge in [0.05, 0.1) is 0 Å². The molecule has 2 aliphatic carbocycles. The fraction of sp³-hybridized carbons (Fsp3) is 0.327. The Hall–Kier alpha value is -3.36. The van der Waals surface area contributed by atoms with Crippen molar-refractivity contribution in [2.45, 2.75) is 118 Å². The van der Waals surface area contributed by atoms with E-state index < -0.39 is 21.0 Å². The normalized spacial score (nSPS) is 13.8. The van der Waals surface area contributed by atoms with Gasteiger partial charge in [-0.1, -0.05) is 0 Å². The average molecular weight is 972 g/mol. The van der Waals surface area contributed by atoms with Crippen LogP contribution in [0.3, 0.4) is 0 Å². The first-order chi connectivity index (χ1) is 26.3. The summed E-state index contributed by atoms with van der Waals surface area (Å²) in [5, 5.41) is 5.23. The smallest absolute Gasteiger partial charge is 0.147 e. The van der Waals surface area contributed by atoms with Gasteiger partial charge in [0, 0.05) is 0 Å². The Bertz CT molecular complexity index is 2580. The molecular weight excluding hydrogens is 910 g/mol. The van der Waals surface area contributed by atoms with Gasteiger partial charge >= 0.3 is 347 Å². The average Bonchev–Trinajstić information content (AvgIpc) is 3.79. The Morgan fingerprint density at radius 2 is 0.983 bits per heavy atom. The number of halogens is 2. The summed E-state index contributed by atoms with van der Waals surface area (Å²) >= 11 is -3.35. The van der Waals surface area contributed by atoms with Crippen molar-refractivity contribution in [3.63, 3.8) is 0 Å². The van der Waals surface area contributed by atoms with Crippen molar-refractivity contribution in [1.29, 1.82) is 0 Å². The molecule has 0 nitrogen and oxygen atoms in total. The Morgan fingerprint density at radius 3 is 1.45 bits per heavy atom. The second-order valence-corrected chi connectivity index (χ2v) is 29.2. The first-order valence-electron chi connectivity index (χ1n) is 20.8. The van der Waals surface area contributed by atoms with E-state index in [0.29, 0.717) is 0 Å². The number of rotatable bonds is 4. The van der Waals surface area contributed by atoms with E-state index in [0.717, 1.165) is 12.8 Å². The van der Waals surface area contributed by atoms with E-state index in [9.17, 15) is 0 Å². The Balaban J connectivity index is 0.00000283. The van der Waals surface area contributed by atoms with Gasteiger partial charge in [0.2, 0.25) is 0 Å². The molecule has 0 spiro atoms. The van der Waals surface area contributed by atoms with Gasteiger partial charge in [-0.2, -0.15) is 0 Å². The quantitative estimate of drug-likeness (QED) is 0.154. The molecule has 0 atom stereocenters. The first kappa shape index (κ1) is 44.2. The van der Waals surface area contributed by atoms with Gasteiger partial charge in [-0.25, -0.2) is 0 Å². The monoisotopic (exact) mass is 972 g/mol.